The highest BCUT2D eigenvalue weighted by atomic mass is 19.4. The molecule has 0 aliphatic carbocycles. The summed E-state index contributed by atoms with van der Waals surface area (Å²) in [5, 5.41) is 12.5. The number of hydrogen-bond acceptors (Lipinski definition) is 3. The SMILES string of the molecule is O=C(O)CCNC(=O)Nc1ccc(OCC(F)(F)F)c(C(F)(F)F)c1. The molecule has 1 aromatic carbocycles. The van der Waals surface area contributed by atoms with Gasteiger partial charge in [0.25, 0.3) is 0 Å². The van der Waals surface area contributed by atoms with Gasteiger partial charge in [-0.3, -0.25) is 4.79 Å². The Labute approximate surface area is 136 Å². The number of carboxylic acid groups (broad SMARTS) is 1. The third kappa shape index (κ3) is 7.63. The van der Waals surface area contributed by atoms with Crippen LogP contribution in [0.5, 0.6) is 5.75 Å². The van der Waals surface area contributed by atoms with E-state index in [1.54, 1.807) is 0 Å². The van der Waals surface area contributed by atoms with Crippen LogP contribution in [0.3, 0.4) is 0 Å². The summed E-state index contributed by atoms with van der Waals surface area (Å²) in [6.45, 7) is -2.17. The van der Waals surface area contributed by atoms with Crippen LogP contribution in [0, 0.1) is 0 Å². The lowest BCUT2D eigenvalue weighted by Gasteiger charge is -2.16. The van der Waals surface area contributed by atoms with Gasteiger partial charge in [0.05, 0.1) is 12.0 Å². The lowest BCUT2D eigenvalue weighted by molar-refractivity contribution is -0.158. The van der Waals surface area contributed by atoms with Crippen LogP contribution < -0.4 is 15.4 Å². The summed E-state index contributed by atoms with van der Waals surface area (Å²) in [6.07, 6.45) is -10.2. The zero-order chi connectivity index (χ0) is 19.3. The lowest BCUT2D eigenvalue weighted by Crippen LogP contribution is -2.30. The summed E-state index contributed by atoms with van der Waals surface area (Å²) in [5.41, 5.74) is -1.86. The quantitative estimate of drug-likeness (QED) is 0.667. The van der Waals surface area contributed by atoms with E-state index in [0.717, 1.165) is 6.07 Å². The van der Waals surface area contributed by atoms with Gasteiger partial charge in [-0.2, -0.15) is 26.3 Å². The van der Waals surface area contributed by atoms with Crippen LogP contribution >= 0.6 is 0 Å². The number of carboxylic acids is 1. The van der Waals surface area contributed by atoms with E-state index in [-0.39, 0.29) is 12.2 Å². The number of nitrogens with one attached hydrogen (secondary N) is 2. The maximum atomic E-state index is 12.9. The number of alkyl halides is 6. The third-order valence-electron chi connectivity index (χ3n) is 2.56. The van der Waals surface area contributed by atoms with Crippen LogP contribution in [0.1, 0.15) is 12.0 Å². The molecule has 0 aliphatic rings. The second kappa shape index (κ2) is 7.94. The summed E-state index contributed by atoms with van der Waals surface area (Å²) in [6, 6.07) is 0.986. The molecule has 0 atom stereocenters. The number of carbonyl (C=O) groups is 2. The van der Waals surface area contributed by atoms with Gasteiger partial charge in [0.15, 0.2) is 6.61 Å². The number of urea groups is 1. The molecule has 0 unspecified atom stereocenters. The zero-order valence-electron chi connectivity index (χ0n) is 12.3. The molecule has 0 radical (unpaired) electrons. The molecule has 25 heavy (non-hydrogen) atoms. The Bertz CT molecular complexity index is 630. The topological polar surface area (TPSA) is 87.7 Å². The Kier molecular flexibility index (Phi) is 6.48. The molecule has 0 saturated carbocycles. The van der Waals surface area contributed by atoms with Gasteiger partial charge >= 0.3 is 24.4 Å². The highest BCUT2D eigenvalue weighted by Crippen LogP contribution is 2.38. The van der Waals surface area contributed by atoms with Gasteiger partial charge in [-0.05, 0) is 18.2 Å². The van der Waals surface area contributed by atoms with Crippen LogP contribution in [0.2, 0.25) is 0 Å². The van der Waals surface area contributed by atoms with Crippen LogP contribution in [0.25, 0.3) is 0 Å². The molecular formula is C13H12F6N2O4. The van der Waals surface area contributed by atoms with Crippen molar-refractivity contribution in [3.63, 3.8) is 0 Å². The number of anilines is 1. The minimum atomic E-state index is -5.02. The van der Waals surface area contributed by atoms with E-state index in [1.807, 2.05) is 5.32 Å². The van der Waals surface area contributed by atoms with Crippen molar-refractivity contribution in [2.24, 2.45) is 0 Å². The number of benzene rings is 1. The first-order valence-electron chi connectivity index (χ1n) is 6.56. The number of ether oxygens (including phenoxy) is 1. The van der Waals surface area contributed by atoms with Crippen molar-refractivity contribution in [2.45, 2.75) is 18.8 Å². The Balaban J connectivity index is 2.86. The second-order valence-corrected chi connectivity index (χ2v) is 4.64. The number of hydrogen-bond donors (Lipinski definition) is 3. The van der Waals surface area contributed by atoms with E-state index in [9.17, 15) is 35.9 Å². The highest BCUT2D eigenvalue weighted by Gasteiger charge is 2.36. The van der Waals surface area contributed by atoms with Crippen LogP contribution in [0.4, 0.5) is 36.8 Å². The number of carbonyl (C=O) groups excluding carboxylic acids is 1. The van der Waals surface area contributed by atoms with Crippen molar-refractivity contribution in [3.8, 4) is 5.75 Å². The fourth-order valence-electron chi connectivity index (χ4n) is 1.57. The average Bonchev–Trinajstić information content (AvgIpc) is 2.43. The number of aliphatic carboxylic acids is 1. The van der Waals surface area contributed by atoms with Gasteiger partial charge in [-0.25, -0.2) is 4.79 Å². The molecule has 1 rings (SSSR count). The maximum absolute atomic E-state index is 12.9. The molecule has 3 N–H and O–H groups in total. The molecule has 0 aromatic heterocycles. The first-order chi connectivity index (χ1) is 11.4. The zero-order valence-corrected chi connectivity index (χ0v) is 12.3. The third-order valence-corrected chi connectivity index (χ3v) is 2.56. The molecule has 1 aromatic rings. The summed E-state index contributed by atoms with van der Waals surface area (Å²) in [4.78, 5) is 21.7. The summed E-state index contributed by atoms with van der Waals surface area (Å²) >= 11 is 0. The van der Waals surface area contributed by atoms with E-state index in [2.05, 4.69) is 10.1 Å². The molecular weight excluding hydrogens is 362 g/mol. The van der Waals surface area contributed by atoms with E-state index in [0.29, 0.717) is 12.1 Å². The lowest BCUT2D eigenvalue weighted by atomic mass is 10.1. The monoisotopic (exact) mass is 374 g/mol. The van der Waals surface area contributed by atoms with E-state index in [1.165, 1.54) is 0 Å². The van der Waals surface area contributed by atoms with Gasteiger partial charge in [0.1, 0.15) is 5.75 Å². The van der Waals surface area contributed by atoms with Crippen LogP contribution in [-0.2, 0) is 11.0 Å². The second-order valence-electron chi connectivity index (χ2n) is 4.64. The van der Waals surface area contributed by atoms with Gasteiger partial charge < -0.3 is 20.5 Å². The molecule has 0 heterocycles. The van der Waals surface area contributed by atoms with Crippen molar-refractivity contribution in [1.29, 1.82) is 0 Å². The van der Waals surface area contributed by atoms with Gasteiger partial charge in [0, 0.05) is 12.2 Å². The van der Waals surface area contributed by atoms with E-state index in [4.69, 9.17) is 5.11 Å². The standard InChI is InChI=1S/C13H12F6N2O4/c14-12(15,16)6-25-9-2-1-7(5-8(9)13(17,18)19)21-11(24)20-4-3-10(22)23/h1-2,5H,3-4,6H2,(H,22,23)(H2,20,21,24). The van der Waals surface area contributed by atoms with E-state index < -0.39 is 48.7 Å². The molecule has 140 valence electrons. The van der Waals surface area contributed by atoms with Gasteiger partial charge in [-0.1, -0.05) is 0 Å². The Morgan fingerprint density at radius 3 is 2.28 bits per heavy atom. The minimum Gasteiger partial charge on any atom is -0.483 e. The van der Waals surface area contributed by atoms with Crippen molar-refractivity contribution >= 4 is 17.7 Å². The summed E-state index contributed by atoms with van der Waals surface area (Å²) in [7, 11) is 0. The predicted octanol–water partition coefficient (Wildman–Crippen LogP) is 3.24. The van der Waals surface area contributed by atoms with Crippen molar-refractivity contribution < 1.29 is 45.8 Å². The van der Waals surface area contributed by atoms with Crippen molar-refractivity contribution in [3.05, 3.63) is 23.8 Å². The predicted molar refractivity (Wildman–Crippen MR) is 72.3 cm³/mol. The molecule has 0 saturated heterocycles. The molecule has 12 heteroatoms. The fourth-order valence-corrected chi connectivity index (χ4v) is 1.57. The smallest absolute Gasteiger partial charge is 0.422 e. The Morgan fingerprint density at radius 2 is 1.76 bits per heavy atom. The summed E-state index contributed by atoms with van der Waals surface area (Å²) in [5.74, 6) is -2.23. The fraction of sp³-hybridized carbons (Fsp3) is 0.385. The van der Waals surface area contributed by atoms with Crippen LogP contribution in [0.15, 0.2) is 18.2 Å². The Morgan fingerprint density at radius 1 is 1.12 bits per heavy atom. The molecule has 6 nitrogen and oxygen atoms in total. The largest absolute Gasteiger partial charge is 0.483 e. The molecule has 0 bridgehead atoms. The van der Waals surface area contributed by atoms with Crippen molar-refractivity contribution in [1.82, 2.24) is 5.32 Å². The molecule has 0 fully saturated rings. The first-order valence-corrected chi connectivity index (χ1v) is 6.56. The molecule has 0 aliphatic heterocycles. The molecule has 0 spiro atoms. The van der Waals surface area contributed by atoms with E-state index >= 15 is 0 Å². The van der Waals surface area contributed by atoms with Crippen LogP contribution in [-0.4, -0.2) is 36.4 Å². The van der Waals surface area contributed by atoms with Gasteiger partial charge in [0.2, 0.25) is 0 Å². The van der Waals surface area contributed by atoms with Gasteiger partial charge in [-0.15, -0.1) is 0 Å². The average molecular weight is 374 g/mol. The maximum Gasteiger partial charge on any atom is 0.422 e. The highest BCUT2D eigenvalue weighted by molar-refractivity contribution is 5.89. The summed E-state index contributed by atoms with van der Waals surface area (Å²) < 4.78 is 79.2. The first kappa shape index (κ1) is 20.4. The minimum absolute atomic E-state index is 0.264. The number of halogens is 6. The Hall–Kier alpha value is -2.66. The normalized spacial score (nSPS) is 11.8. The number of rotatable bonds is 6. The molecule has 2 amide bonds. The number of amides is 2. The van der Waals surface area contributed by atoms with Crippen molar-refractivity contribution in [2.75, 3.05) is 18.5 Å².